The zero-order valence-electron chi connectivity index (χ0n) is 11.6. The molecule has 5 nitrogen and oxygen atoms in total. The highest BCUT2D eigenvalue weighted by molar-refractivity contribution is 5.76. The summed E-state index contributed by atoms with van der Waals surface area (Å²) in [5.41, 5.74) is 5.22. The summed E-state index contributed by atoms with van der Waals surface area (Å²) in [5.74, 6) is 1.00. The summed E-state index contributed by atoms with van der Waals surface area (Å²) in [5, 5.41) is 3.32. The molecule has 0 atom stereocenters. The fraction of sp³-hybridized carbons (Fsp3) is 0.857. The minimum Gasteiger partial charge on any atom is -0.370 e. The Morgan fingerprint density at radius 1 is 1.00 bits per heavy atom. The highest BCUT2D eigenvalue weighted by Gasteiger charge is 2.25. The number of primary amides is 1. The molecule has 2 aliphatic heterocycles. The van der Waals surface area contributed by atoms with Crippen LogP contribution in [0.4, 0.5) is 0 Å². The normalized spacial score (nSPS) is 22.4. The van der Waals surface area contributed by atoms with Gasteiger partial charge < -0.3 is 16.0 Å². The van der Waals surface area contributed by atoms with Gasteiger partial charge in [-0.25, -0.2) is 0 Å². The Balaban J connectivity index is 1.71. The van der Waals surface area contributed by atoms with Crippen molar-refractivity contribution in [1.82, 2.24) is 10.2 Å². The highest BCUT2D eigenvalue weighted by Crippen LogP contribution is 2.23. The number of likely N-dealkylation sites (tertiary alicyclic amines) is 1. The van der Waals surface area contributed by atoms with Gasteiger partial charge in [-0.15, -0.1) is 0 Å². The van der Waals surface area contributed by atoms with E-state index in [2.05, 4.69) is 5.32 Å². The molecule has 2 aliphatic rings. The number of nitrogens with one attached hydrogen (secondary N) is 1. The molecule has 2 amide bonds. The number of nitrogens with zero attached hydrogens (tertiary/aromatic N) is 1. The predicted octanol–water partition coefficient (Wildman–Crippen LogP) is 0.490. The van der Waals surface area contributed by atoms with Gasteiger partial charge in [-0.3, -0.25) is 9.59 Å². The average molecular weight is 267 g/mol. The Labute approximate surface area is 114 Å². The SMILES string of the molecule is NC(=O)CC1CCN(C(=O)CC2CCNCC2)CC1. The van der Waals surface area contributed by atoms with Crippen LogP contribution in [-0.2, 0) is 9.59 Å². The molecule has 3 N–H and O–H groups in total. The van der Waals surface area contributed by atoms with Gasteiger partial charge >= 0.3 is 0 Å². The van der Waals surface area contributed by atoms with Crippen LogP contribution >= 0.6 is 0 Å². The lowest BCUT2D eigenvalue weighted by Crippen LogP contribution is -2.40. The molecule has 0 aromatic carbocycles. The second-order valence-electron chi connectivity index (χ2n) is 5.89. The van der Waals surface area contributed by atoms with Gasteiger partial charge in [0.1, 0.15) is 0 Å². The summed E-state index contributed by atoms with van der Waals surface area (Å²) in [6.07, 6.45) is 5.23. The van der Waals surface area contributed by atoms with Gasteiger partial charge in [0.15, 0.2) is 0 Å². The molecular formula is C14H25N3O2. The third kappa shape index (κ3) is 4.49. The first kappa shape index (κ1) is 14.3. The maximum Gasteiger partial charge on any atom is 0.222 e. The first-order chi connectivity index (χ1) is 9.15. The fourth-order valence-electron chi connectivity index (χ4n) is 3.13. The van der Waals surface area contributed by atoms with Crippen LogP contribution in [-0.4, -0.2) is 42.9 Å². The number of hydrogen-bond acceptors (Lipinski definition) is 3. The first-order valence-electron chi connectivity index (χ1n) is 7.42. The first-order valence-corrected chi connectivity index (χ1v) is 7.42. The summed E-state index contributed by atoms with van der Waals surface area (Å²) < 4.78 is 0. The molecule has 0 aliphatic carbocycles. The molecule has 0 unspecified atom stereocenters. The van der Waals surface area contributed by atoms with Crippen molar-refractivity contribution in [2.24, 2.45) is 17.6 Å². The Morgan fingerprint density at radius 2 is 1.58 bits per heavy atom. The lowest BCUT2D eigenvalue weighted by atomic mass is 9.91. The topological polar surface area (TPSA) is 75.4 Å². The van der Waals surface area contributed by atoms with Gasteiger partial charge in [0.25, 0.3) is 0 Å². The van der Waals surface area contributed by atoms with Gasteiger partial charge in [0, 0.05) is 25.9 Å². The number of piperidine rings is 2. The van der Waals surface area contributed by atoms with E-state index in [1.807, 2.05) is 4.90 Å². The number of carbonyl (C=O) groups is 2. The van der Waals surface area contributed by atoms with Crippen LogP contribution in [0.2, 0.25) is 0 Å². The molecule has 0 saturated carbocycles. The van der Waals surface area contributed by atoms with E-state index >= 15 is 0 Å². The number of carbonyl (C=O) groups excluding carboxylic acids is 2. The Bertz CT molecular complexity index is 319. The van der Waals surface area contributed by atoms with Crippen LogP contribution in [0, 0.1) is 11.8 Å². The third-order valence-electron chi connectivity index (χ3n) is 4.38. The molecule has 0 spiro atoms. The minimum absolute atomic E-state index is 0.223. The monoisotopic (exact) mass is 267 g/mol. The maximum atomic E-state index is 12.2. The van der Waals surface area contributed by atoms with E-state index < -0.39 is 0 Å². The van der Waals surface area contributed by atoms with Crippen LogP contribution in [0.25, 0.3) is 0 Å². The molecule has 0 radical (unpaired) electrons. The van der Waals surface area contributed by atoms with Crippen molar-refractivity contribution in [3.8, 4) is 0 Å². The summed E-state index contributed by atoms with van der Waals surface area (Å²) >= 11 is 0. The van der Waals surface area contributed by atoms with Gasteiger partial charge in [-0.05, 0) is 50.6 Å². The maximum absolute atomic E-state index is 12.2. The molecule has 2 saturated heterocycles. The predicted molar refractivity (Wildman–Crippen MR) is 73.3 cm³/mol. The average Bonchev–Trinajstić information content (AvgIpc) is 2.40. The van der Waals surface area contributed by atoms with Crippen molar-refractivity contribution < 1.29 is 9.59 Å². The fourth-order valence-corrected chi connectivity index (χ4v) is 3.13. The zero-order valence-corrected chi connectivity index (χ0v) is 11.6. The smallest absolute Gasteiger partial charge is 0.222 e. The molecule has 108 valence electrons. The summed E-state index contributed by atoms with van der Waals surface area (Å²) in [4.78, 5) is 25.1. The second kappa shape index (κ2) is 6.89. The van der Waals surface area contributed by atoms with Crippen LogP contribution < -0.4 is 11.1 Å². The number of hydrogen-bond donors (Lipinski definition) is 2. The van der Waals surface area contributed by atoms with Crippen molar-refractivity contribution in [1.29, 1.82) is 0 Å². The number of nitrogens with two attached hydrogens (primary N) is 1. The lowest BCUT2D eigenvalue weighted by molar-refractivity contribution is -0.133. The molecule has 2 fully saturated rings. The van der Waals surface area contributed by atoms with Crippen LogP contribution in [0.3, 0.4) is 0 Å². The van der Waals surface area contributed by atoms with Crippen molar-refractivity contribution in [3.05, 3.63) is 0 Å². The van der Waals surface area contributed by atoms with E-state index in [1.165, 1.54) is 0 Å². The largest absolute Gasteiger partial charge is 0.370 e. The highest BCUT2D eigenvalue weighted by atomic mass is 16.2. The molecule has 0 aromatic rings. The van der Waals surface area contributed by atoms with Crippen LogP contribution in [0.1, 0.15) is 38.5 Å². The zero-order chi connectivity index (χ0) is 13.7. The Hall–Kier alpha value is -1.10. The van der Waals surface area contributed by atoms with Gasteiger partial charge in [-0.2, -0.15) is 0 Å². The van der Waals surface area contributed by atoms with Crippen LogP contribution in [0.15, 0.2) is 0 Å². The van der Waals surface area contributed by atoms with E-state index in [1.54, 1.807) is 0 Å². The molecule has 5 heteroatoms. The summed E-state index contributed by atoms with van der Waals surface area (Å²) in [6, 6.07) is 0. The van der Waals surface area contributed by atoms with E-state index in [4.69, 9.17) is 5.73 Å². The van der Waals surface area contributed by atoms with Crippen LogP contribution in [0.5, 0.6) is 0 Å². The summed E-state index contributed by atoms with van der Waals surface area (Å²) in [6.45, 7) is 3.67. The molecule has 19 heavy (non-hydrogen) atoms. The minimum atomic E-state index is -0.223. The molecule has 0 bridgehead atoms. The lowest BCUT2D eigenvalue weighted by Gasteiger charge is -2.33. The van der Waals surface area contributed by atoms with Gasteiger partial charge in [0.2, 0.25) is 11.8 Å². The molecule has 0 aromatic heterocycles. The molecule has 2 rings (SSSR count). The van der Waals surface area contributed by atoms with Crippen molar-refractivity contribution in [2.45, 2.75) is 38.5 Å². The van der Waals surface area contributed by atoms with E-state index in [-0.39, 0.29) is 5.91 Å². The Kier molecular flexibility index (Phi) is 5.19. The van der Waals surface area contributed by atoms with Gasteiger partial charge in [0.05, 0.1) is 0 Å². The van der Waals surface area contributed by atoms with E-state index in [0.717, 1.165) is 51.9 Å². The van der Waals surface area contributed by atoms with E-state index in [9.17, 15) is 9.59 Å². The quantitative estimate of drug-likeness (QED) is 0.778. The standard InChI is InChI=1S/C14H25N3O2/c15-13(18)9-12-3-7-17(8-4-12)14(19)10-11-1-5-16-6-2-11/h11-12,16H,1-10H2,(H2,15,18). The molecule has 2 heterocycles. The number of rotatable bonds is 4. The van der Waals surface area contributed by atoms with Crippen molar-refractivity contribution >= 4 is 11.8 Å². The van der Waals surface area contributed by atoms with E-state index in [0.29, 0.717) is 30.6 Å². The van der Waals surface area contributed by atoms with Gasteiger partial charge in [-0.1, -0.05) is 0 Å². The molecular weight excluding hydrogens is 242 g/mol. The second-order valence-corrected chi connectivity index (χ2v) is 5.89. The van der Waals surface area contributed by atoms with Crippen molar-refractivity contribution in [2.75, 3.05) is 26.2 Å². The Morgan fingerprint density at radius 3 is 2.16 bits per heavy atom. The summed E-state index contributed by atoms with van der Waals surface area (Å²) in [7, 11) is 0. The third-order valence-corrected chi connectivity index (χ3v) is 4.38. The van der Waals surface area contributed by atoms with Crippen molar-refractivity contribution in [3.63, 3.8) is 0 Å². The number of amides is 2.